The number of hydrogen-bond donors (Lipinski definition) is 2. The Kier molecular flexibility index (Phi) is 2.13. The van der Waals surface area contributed by atoms with E-state index in [9.17, 15) is 0 Å². The van der Waals surface area contributed by atoms with E-state index in [-0.39, 0.29) is 5.60 Å². The number of ether oxygens (including phenoxy) is 1. The molecule has 0 amide bonds. The fourth-order valence-electron chi connectivity index (χ4n) is 2.58. The Bertz CT molecular complexity index is 414. The molecule has 2 aliphatic heterocycles. The number of benzene rings is 1. The molecule has 2 heterocycles. The second-order valence-corrected chi connectivity index (χ2v) is 4.46. The Morgan fingerprint density at radius 2 is 2.31 bits per heavy atom. The molecule has 0 spiro atoms. The van der Waals surface area contributed by atoms with Crippen molar-refractivity contribution in [1.29, 1.82) is 0 Å². The third-order valence-corrected chi connectivity index (χ3v) is 3.51. The molecule has 0 unspecified atom stereocenters. The van der Waals surface area contributed by atoms with Gasteiger partial charge in [0, 0.05) is 6.42 Å². The fraction of sp³-hybridized carbons (Fsp3) is 0.462. The molecule has 0 aromatic heterocycles. The molecule has 0 fully saturated rings. The van der Waals surface area contributed by atoms with Crippen molar-refractivity contribution in [3.63, 3.8) is 0 Å². The Hall–Kier alpha value is -1.51. The summed E-state index contributed by atoms with van der Waals surface area (Å²) in [6.45, 7) is 4.17. The van der Waals surface area contributed by atoms with E-state index in [1.807, 2.05) is 6.07 Å². The van der Waals surface area contributed by atoms with Crippen molar-refractivity contribution < 1.29 is 9.73 Å². The molecule has 0 saturated carbocycles. The summed E-state index contributed by atoms with van der Waals surface area (Å²) < 4.78 is 6.17. The fourth-order valence-corrected chi connectivity index (χ4v) is 2.58. The van der Waals surface area contributed by atoms with Gasteiger partial charge in [0.15, 0.2) is 0 Å². The Balaban J connectivity index is 1.96. The Labute approximate surface area is 95.5 Å². The van der Waals surface area contributed by atoms with Crippen molar-refractivity contribution in [3.8, 4) is 5.75 Å². The normalized spacial score (nSPS) is 26.9. The molecule has 1 atom stereocenters. The lowest BCUT2D eigenvalue weighted by Crippen LogP contribution is -2.76. The first-order chi connectivity index (χ1) is 7.84. The van der Waals surface area contributed by atoms with Crippen LogP contribution in [0.15, 0.2) is 24.3 Å². The van der Waals surface area contributed by atoms with Crippen LogP contribution in [0.1, 0.15) is 18.9 Å². The summed E-state index contributed by atoms with van der Waals surface area (Å²) in [7, 11) is 0. The summed E-state index contributed by atoms with van der Waals surface area (Å²) >= 11 is 0. The van der Waals surface area contributed by atoms with E-state index >= 15 is 0 Å². The van der Waals surface area contributed by atoms with Crippen LogP contribution in [-0.4, -0.2) is 24.5 Å². The summed E-state index contributed by atoms with van der Waals surface area (Å²) in [6.07, 6.45) is 1.95. The molecular formula is C13H17N2O+. The highest BCUT2D eigenvalue weighted by Gasteiger charge is 2.47. The van der Waals surface area contributed by atoms with Gasteiger partial charge in [-0.1, -0.05) is 25.1 Å². The van der Waals surface area contributed by atoms with Crippen molar-refractivity contribution in [3.05, 3.63) is 29.8 Å². The number of hydrogen-bond acceptors (Lipinski definition) is 2. The summed E-state index contributed by atoms with van der Waals surface area (Å²) in [5, 5.41) is 3.41. The van der Waals surface area contributed by atoms with Gasteiger partial charge in [0.1, 0.15) is 18.8 Å². The lowest BCUT2D eigenvalue weighted by molar-refractivity contribution is -0.449. The van der Waals surface area contributed by atoms with E-state index in [4.69, 9.17) is 4.74 Å². The minimum absolute atomic E-state index is 0.180. The molecule has 3 nitrogen and oxygen atoms in total. The summed E-state index contributed by atoms with van der Waals surface area (Å²) in [5.74, 6) is 2.19. The van der Waals surface area contributed by atoms with Gasteiger partial charge in [0.2, 0.25) is 5.60 Å². The van der Waals surface area contributed by atoms with Gasteiger partial charge >= 0.3 is 0 Å². The average molecular weight is 217 g/mol. The number of para-hydroxylation sites is 1. The van der Waals surface area contributed by atoms with Gasteiger partial charge in [-0.05, 0) is 18.1 Å². The molecule has 2 aliphatic rings. The van der Waals surface area contributed by atoms with Crippen LogP contribution in [0.2, 0.25) is 0 Å². The monoisotopic (exact) mass is 217 g/mol. The van der Waals surface area contributed by atoms with Crippen LogP contribution in [0.4, 0.5) is 0 Å². The standard InChI is InChI=1S/C13H16N2O/c1-2-13(12-14-7-8-15-12)9-10-5-3-4-6-11(10)16-13/h3-6H,2,7-9H2,1H3,(H,14,15)/p+1/t13-/m0/s1. The third kappa shape index (κ3) is 1.31. The van der Waals surface area contributed by atoms with Gasteiger partial charge in [-0.15, -0.1) is 0 Å². The second-order valence-electron chi connectivity index (χ2n) is 4.46. The van der Waals surface area contributed by atoms with Crippen LogP contribution in [0.5, 0.6) is 5.75 Å². The first-order valence-corrected chi connectivity index (χ1v) is 5.96. The highest BCUT2D eigenvalue weighted by molar-refractivity contribution is 5.88. The molecule has 0 aliphatic carbocycles. The molecule has 1 aromatic carbocycles. The van der Waals surface area contributed by atoms with Crippen LogP contribution in [0.3, 0.4) is 0 Å². The predicted octanol–water partition coefficient (Wildman–Crippen LogP) is -0.147. The van der Waals surface area contributed by atoms with Gasteiger partial charge in [0.05, 0.1) is 0 Å². The maximum Gasteiger partial charge on any atom is 0.288 e. The van der Waals surface area contributed by atoms with Crippen LogP contribution in [0, 0.1) is 0 Å². The molecule has 0 saturated heterocycles. The zero-order valence-electron chi connectivity index (χ0n) is 9.55. The van der Waals surface area contributed by atoms with Crippen molar-refractivity contribution in [2.24, 2.45) is 0 Å². The minimum Gasteiger partial charge on any atom is -0.474 e. The van der Waals surface area contributed by atoms with Crippen LogP contribution < -0.4 is 15.0 Å². The maximum atomic E-state index is 6.17. The van der Waals surface area contributed by atoms with Gasteiger partial charge in [-0.25, -0.2) is 0 Å². The first kappa shape index (κ1) is 9.70. The van der Waals surface area contributed by atoms with Gasteiger partial charge < -0.3 is 4.74 Å². The van der Waals surface area contributed by atoms with Crippen molar-refractivity contribution in [2.75, 3.05) is 13.1 Å². The summed E-state index contributed by atoms with van der Waals surface area (Å²) in [4.78, 5) is 3.41. The molecule has 84 valence electrons. The lowest BCUT2D eigenvalue weighted by Gasteiger charge is -2.23. The highest BCUT2D eigenvalue weighted by Crippen LogP contribution is 2.36. The second kappa shape index (κ2) is 3.51. The topological polar surface area (TPSA) is 35.2 Å². The van der Waals surface area contributed by atoms with Crippen LogP contribution >= 0.6 is 0 Å². The lowest BCUT2D eigenvalue weighted by atomic mass is 9.93. The van der Waals surface area contributed by atoms with Crippen LogP contribution in [0.25, 0.3) is 0 Å². The van der Waals surface area contributed by atoms with Crippen molar-refractivity contribution in [2.45, 2.75) is 25.4 Å². The van der Waals surface area contributed by atoms with E-state index in [0.29, 0.717) is 0 Å². The molecule has 3 rings (SSSR count). The maximum absolute atomic E-state index is 6.17. The van der Waals surface area contributed by atoms with Crippen LogP contribution in [-0.2, 0) is 6.42 Å². The molecule has 2 N–H and O–H groups in total. The molecule has 0 radical (unpaired) electrons. The Morgan fingerprint density at radius 3 is 3.00 bits per heavy atom. The van der Waals surface area contributed by atoms with Gasteiger partial charge in [-0.2, -0.15) is 0 Å². The minimum atomic E-state index is -0.180. The number of rotatable bonds is 2. The predicted molar refractivity (Wildman–Crippen MR) is 62.6 cm³/mol. The quantitative estimate of drug-likeness (QED) is 0.723. The average Bonchev–Trinajstić information content (AvgIpc) is 2.96. The van der Waals surface area contributed by atoms with E-state index < -0.39 is 0 Å². The number of amidine groups is 1. The van der Waals surface area contributed by atoms with Crippen molar-refractivity contribution in [1.82, 2.24) is 5.32 Å². The Morgan fingerprint density at radius 1 is 1.44 bits per heavy atom. The zero-order chi connectivity index (χ0) is 11.0. The SMILES string of the molecule is CC[C@@]1(C2=[NH+]CCN2)Cc2ccccc2O1. The van der Waals surface area contributed by atoms with Gasteiger partial charge in [0.25, 0.3) is 5.84 Å². The zero-order valence-corrected chi connectivity index (χ0v) is 9.55. The third-order valence-electron chi connectivity index (χ3n) is 3.51. The van der Waals surface area contributed by atoms with Gasteiger partial charge in [-0.3, -0.25) is 10.3 Å². The number of fused-ring (bicyclic) bond motifs is 1. The molecular weight excluding hydrogens is 200 g/mol. The molecule has 3 heteroatoms. The summed E-state index contributed by atoms with van der Waals surface area (Å²) in [5.41, 5.74) is 1.13. The molecule has 0 bridgehead atoms. The molecule has 16 heavy (non-hydrogen) atoms. The van der Waals surface area contributed by atoms with E-state index in [1.165, 1.54) is 5.56 Å². The van der Waals surface area contributed by atoms with Crippen molar-refractivity contribution >= 4 is 5.84 Å². The van der Waals surface area contributed by atoms with E-state index in [1.54, 1.807) is 0 Å². The largest absolute Gasteiger partial charge is 0.474 e. The highest BCUT2D eigenvalue weighted by atomic mass is 16.5. The smallest absolute Gasteiger partial charge is 0.288 e. The van der Waals surface area contributed by atoms with E-state index in [0.717, 1.165) is 37.5 Å². The first-order valence-electron chi connectivity index (χ1n) is 5.96. The van der Waals surface area contributed by atoms with E-state index in [2.05, 4.69) is 35.4 Å². The summed E-state index contributed by atoms with van der Waals surface area (Å²) in [6, 6.07) is 8.32. The number of nitrogens with one attached hydrogen (secondary N) is 2. The molecule has 1 aromatic rings.